The number of hydrogen-bond donors (Lipinski definition) is 1. The molecular formula is C12H24N2O. The van der Waals surface area contributed by atoms with Crippen molar-refractivity contribution in [3.05, 3.63) is 0 Å². The van der Waals surface area contributed by atoms with Crippen molar-refractivity contribution in [3.8, 4) is 0 Å². The van der Waals surface area contributed by atoms with Gasteiger partial charge in [-0.05, 0) is 46.5 Å². The lowest BCUT2D eigenvalue weighted by Crippen LogP contribution is -2.59. The van der Waals surface area contributed by atoms with Crippen LogP contribution in [-0.2, 0) is 4.79 Å². The third-order valence-electron chi connectivity index (χ3n) is 3.65. The molecule has 0 aromatic heterocycles. The van der Waals surface area contributed by atoms with Gasteiger partial charge in [0.25, 0.3) is 0 Å². The molecular weight excluding hydrogens is 188 g/mol. The van der Waals surface area contributed by atoms with Gasteiger partial charge in [-0.25, -0.2) is 0 Å². The molecule has 0 saturated carbocycles. The lowest BCUT2D eigenvalue weighted by molar-refractivity contribution is -0.142. The third kappa shape index (κ3) is 2.51. The van der Waals surface area contributed by atoms with E-state index in [0.29, 0.717) is 18.5 Å². The van der Waals surface area contributed by atoms with E-state index in [1.165, 1.54) is 6.42 Å². The van der Waals surface area contributed by atoms with Crippen LogP contribution in [0.15, 0.2) is 0 Å². The average molecular weight is 212 g/mol. The molecule has 1 rings (SSSR count). The van der Waals surface area contributed by atoms with Crippen LogP contribution in [0.25, 0.3) is 0 Å². The van der Waals surface area contributed by atoms with Crippen LogP contribution in [0.3, 0.4) is 0 Å². The van der Waals surface area contributed by atoms with Crippen LogP contribution >= 0.6 is 0 Å². The van der Waals surface area contributed by atoms with E-state index in [9.17, 15) is 4.79 Å². The minimum absolute atomic E-state index is 0.115. The van der Waals surface area contributed by atoms with Gasteiger partial charge in [0.2, 0.25) is 5.91 Å². The van der Waals surface area contributed by atoms with E-state index in [2.05, 4.69) is 13.8 Å². The Morgan fingerprint density at radius 2 is 1.87 bits per heavy atom. The number of likely N-dealkylation sites (tertiary alicyclic amines) is 1. The Hall–Kier alpha value is -0.570. The van der Waals surface area contributed by atoms with Crippen LogP contribution in [0.5, 0.6) is 0 Å². The zero-order chi connectivity index (χ0) is 11.6. The van der Waals surface area contributed by atoms with Gasteiger partial charge < -0.3 is 10.6 Å². The normalized spacial score (nSPS) is 31.1. The van der Waals surface area contributed by atoms with E-state index in [4.69, 9.17) is 5.73 Å². The van der Waals surface area contributed by atoms with Crippen molar-refractivity contribution in [1.29, 1.82) is 0 Å². The summed E-state index contributed by atoms with van der Waals surface area (Å²) in [5, 5.41) is 0. The SMILES string of the molecule is CCC(C)(N)C(=O)N1[C@H](C)CCC[C@@H]1C. The van der Waals surface area contributed by atoms with Crippen LogP contribution in [0.4, 0.5) is 0 Å². The van der Waals surface area contributed by atoms with Crippen LogP contribution in [0, 0.1) is 0 Å². The molecule has 1 amide bonds. The van der Waals surface area contributed by atoms with Crippen molar-refractivity contribution >= 4 is 5.91 Å². The van der Waals surface area contributed by atoms with Crippen LogP contribution in [-0.4, -0.2) is 28.4 Å². The number of carbonyl (C=O) groups excluding carboxylic acids is 1. The standard InChI is InChI=1S/C12H24N2O/c1-5-12(4,13)11(15)14-9(2)7-6-8-10(14)3/h9-10H,5-8,13H2,1-4H3/t9-,10+,12?. The molecule has 1 aliphatic heterocycles. The first-order valence-corrected chi connectivity index (χ1v) is 6.01. The molecule has 0 bridgehead atoms. The Morgan fingerprint density at radius 3 is 2.27 bits per heavy atom. The number of nitrogens with zero attached hydrogens (tertiary/aromatic N) is 1. The van der Waals surface area contributed by atoms with Gasteiger partial charge >= 0.3 is 0 Å². The van der Waals surface area contributed by atoms with Crippen molar-refractivity contribution in [1.82, 2.24) is 4.90 Å². The number of amides is 1. The van der Waals surface area contributed by atoms with Crippen LogP contribution in [0.1, 0.15) is 53.4 Å². The first-order valence-electron chi connectivity index (χ1n) is 6.01. The number of rotatable bonds is 2. The first kappa shape index (κ1) is 12.5. The molecule has 1 heterocycles. The van der Waals surface area contributed by atoms with Crippen molar-refractivity contribution in [2.75, 3.05) is 0 Å². The molecule has 0 aromatic carbocycles. The zero-order valence-corrected chi connectivity index (χ0v) is 10.4. The number of piperidine rings is 1. The molecule has 0 aromatic rings. The summed E-state index contributed by atoms with van der Waals surface area (Å²) < 4.78 is 0. The van der Waals surface area contributed by atoms with Gasteiger partial charge in [0.05, 0.1) is 5.54 Å². The minimum atomic E-state index is -0.695. The molecule has 1 fully saturated rings. The smallest absolute Gasteiger partial charge is 0.242 e. The summed E-state index contributed by atoms with van der Waals surface area (Å²) in [7, 11) is 0. The molecule has 0 aliphatic carbocycles. The Labute approximate surface area is 93.0 Å². The highest BCUT2D eigenvalue weighted by Crippen LogP contribution is 2.25. The maximum atomic E-state index is 12.3. The van der Waals surface area contributed by atoms with Gasteiger partial charge in [-0.1, -0.05) is 6.92 Å². The number of hydrogen-bond acceptors (Lipinski definition) is 2. The summed E-state index contributed by atoms with van der Waals surface area (Å²) >= 11 is 0. The predicted molar refractivity (Wildman–Crippen MR) is 62.5 cm³/mol. The largest absolute Gasteiger partial charge is 0.336 e. The highest BCUT2D eigenvalue weighted by Gasteiger charge is 2.37. The second kappa shape index (κ2) is 4.52. The van der Waals surface area contributed by atoms with Crippen LogP contribution < -0.4 is 5.73 Å². The molecule has 1 saturated heterocycles. The highest BCUT2D eigenvalue weighted by molar-refractivity contribution is 5.86. The quantitative estimate of drug-likeness (QED) is 0.760. The van der Waals surface area contributed by atoms with Gasteiger partial charge in [-0.15, -0.1) is 0 Å². The first-order chi connectivity index (χ1) is 6.90. The maximum Gasteiger partial charge on any atom is 0.242 e. The van der Waals surface area contributed by atoms with E-state index in [1.54, 1.807) is 0 Å². The fourth-order valence-electron chi connectivity index (χ4n) is 2.27. The van der Waals surface area contributed by atoms with Crippen molar-refractivity contribution < 1.29 is 4.79 Å². The summed E-state index contributed by atoms with van der Waals surface area (Å²) in [5.74, 6) is 0.115. The summed E-state index contributed by atoms with van der Waals surface area (Å²) in [5.41, 5.74) is 5.33. The lowest BCUT2D eigenvalue weighted by atomic mass is 9.91. The Bertz CT molecular complexity index is 228. The Kier molecular flexibility index (Phi) is 3.77. The van der Waals surface area contributed by atoms with Crippen molar-refractivity contribution in [2.24, 2.45) is 5.73 Å². The monoisotopic (exact) mass is 212 g/mol. The van der Waals surface area contributed by atoms with E-state index in [-0.39, 0.29) is 5.91 Å². The van der Waals surface area contributed by atoms with E-state index >= 15 is 0 Å². The summed E-state index contributed by atoms with van der Waals surface area (Å²) in [4.78, 5) is 14.3. The molecule has 3 nitrogen and oxygen atoms in total. The average Bonchev–Trinajstić information content (AvgIpc) is 2.17. The molecule has 88 valence electrons. The van der Waals surface area contributed by atoms with Crippen molar-refractivity contribution in [2.45, 2.75) is 71.0 Å². The molecule has 2 N–H and O–H groups in total. The predicted octanol–water partition coefficient (Wildman–Crippen LogP) is 1.90. The van der Waals surface area contributed by atoms with Gasteiger partial charge in [-0.3, -0.25) is 4.79 Å². The van der Waals surface area contributed by atoms with Gasteiger partial charge in [0.1, 0.15) is 0 Å². The molecule has 3 heteroatoms. The van der Waals surface area contributed by atoms with E-state index < -0.39 is 5.54 Å². The molecule has 3 atom stereocenters. The topological polar surface area (TPSA) is 46.3 Å². The number of carbonyl (C=O) groups is 1. The van der Waals surface area contributed by atoms with E-state index in [0.717, 1.165) is 12.8 Å². The second-order valence-electron chi connectivity index (χ2n) is 5.11. The molecule has 0 spiro atoms. The zero-order valence-electron chi connectivity index (χ0n) is 10.4. The fourth-order valence-corrected chi connectivity index (χ4v) is 2.27. The maximum absolute atomic E-state index is 12.3. The summed E-state index contributed by atoms with van der Waals surface area (Å²) in [6.07, 6.45) is 4.13. The van der Waals surface area contributed by atoms with Crippen LogP contribution in [0.2, 0.25) is 0 Å². The third-order valence-corrected chi connectivity index (χ3v) is 3.65. The summed E-state index contributed by atoms with van der Waals surface area (Å²) in [6, 6.07) is 0.686. The number of nitrogens with two attached hydrogens (primary N) is 1. The molecule has 1 unspecified atom stereocenters. The second-order valence-corrected chi connectivity index (χ2v) is 5.11. The fraction of sp³-hybridized carbons (Fsp3) is 0.917. The molecule has 0 radical (unpaired) electrons. The Morgan fingerprint density at radius 1 is 1.40 bits per heavy atom. The highest BCUT2D eigenvalue weighted by atomic mass is 16.2. The van der Waals surface area contributed by atoms with Gasteiger partial charge in [0.15, 0.2) is 0 Å². The minimum Gasteiger partial charge on any atom is -0.336 e. The Balaban J connectivity index is 2.80. The molecule has 15 heavy (non-hydrogen) atoms. The van der Waals surface area contributed by atoms with Gasteiger partial charge in [-0.2, -0.15) is 0 Å². The van der Waals surface area contributed by atoms with E-state index in [1.807, 2.05) is 18.7 Å². The summed E-state index contributed by atoms with van der Waals surface area (Å²) in [6.45, 7) is 8.05. The van der Waals surface area contributed by atoms with Gasteiger partial charge in [0, 0.05) is 12.1 Å². The van der Waals surface area contributed by atoms with Crippen molar-refractivity contribution in [3.63, 3.8) is 0 Å². The molecule has 1 aliphatic rings. The lowest BCUT2D eigenvalue weighted by Gasteiger charge is -2.42.